The van der Waals surface area contributed by atoms with Gasteiger partial charge in [-0.3, -0.25) is 4.79 Å². The summed E-state index contributed by atoms with van der Waals surface area (Å²) in [5.74, 6) is -1.53. The van der Waals surface area contributed by atoms with Crippen molar-refractivity contribution >= 4 is 21.6 Å². The topological polar surface area (TPSA) is 66.9 Å². The molecule has 0 saturated carbocycles. The van der Waals surface area contributed by atoms with E-state index in [1.54, 1.807) is 0 Å². The van der Waals surface area contributed by atoms with Crippen LogP contribution in [0.15, 0.2) is 53.4 Å². The first-order valence-electron chi connectivity index (χ1n) is 9.94. The second-order valence-corrected chi connectivity index (χ2v) is 9.81. The Morgan fingerprint density at radius 2 is 1.66 bits per heavy atom. The number of ether oxygens (including phenoxy) is 1. The Bertz CT molecular complexity index is 1120. The number of alkyl halides is 3. The first kappa shape index (κ1) is 22.5. The maximum absolute atomic E-state index is 13.3. The van der Waals surface area contributed by atoms with Gasteiger partial charge in [-0.05, 0) is 55.7 Å². The second-order valence-electron chi connectivity index (χ2n) is 7.90. The summed E-state index contributed by atoms with van der Waals surface area (Å²) in [6.07, 6.45) is -3.83. The maximum atomic E-state index is 13.3. The Morgan fingerprint density at radius 1 is 0.969 bits per heavy atom. The van der Waals surface area contributed by atoms with Crippen LogP contribution in [0.1, 0.15) is 19.3 Å². The molecule has 2 aliphatic rings. The van der Waals surface area contributed by atoms with E-state index < -0.39 is 38.3 Å². The molecular weight excluding hydrogens is 452 g/mol. The Morgan fingerprint density at radius 3 is 2.34 bits per heavy atom. The molecule has 0 bridgehead atoms. The molecule has 0 radical (unpaired) electrons. The number of nitrogens with zero attached hydrogens (tertiary/aromatic N) is 2. The number of carbonyl (C=O) groups is 1. The summed E-state index contributed by atoms with van der Waals surface area (Å²) in [6.45, 7) is 0.270. The lowest BCUT2D eigenvalue weighted by molar-refractivity contribution is -0.275. The third kappa shape index (κ3) is 4.18. The highest BCUT2D eigenvalue weighted by atomic mass is 32.2. The number of anilines is 1. The van der Waals surface area contributed by atoms with Gasteiger partial charge >= 0.3 is 6.36 Å². The number of rotatable bonds is 4. The van der Waals surface area contributed by atoms with Gasteiger partial charge in [-0.15, -0.1) is 13.2 Å². The van der Waals surface area contributed by atoms with E-state index in [9.17, 15) is 30.8 Å². The predicted molar refractivity (Wildman–Crippen MR) is 107 cm³/mol. The van der Waals surface area contributed by atoms with Crippen molar-refractivity contribution in [3.63, 3.8) is 0 Å². The lowest BCUT2D eigenvalue weighted by Crippen LogP contribution is -2.49. The van der Waals surface area contributed by atoms with Crippen molar-refractivity contribution in [2.45, 2.75) is 30.5 Å². The van der Waals surface area contributed by atoms with Crippen LogP contribution < -0.4 is 9.64 Å². The molecule has 4 rings (SSSR count). The van der Waals surface area contributed by atoms with Crippen molar-refractivity contribution in [3.8, 4) is 5.75 Å². The Labute approximate surface area is 182 Å². The molecule has 11 heteroatoms. The fourth-order valence-corrected chi connectivity index (χ4v) is 6.05. The lowest BCUT2D eigenvalue weighted by Gasteiger charge is -2.38. The van der Waals surface area contributed by atoms with E-state index in [2.05, 4.69) is 4.74 Å². The standard InChI is InChI=1S/C21H20F4N2O4S/c22-15-6-8-16(9-7-15)27-13-11-20(19(27)28)10-3-12-26(14-20)32(29,30)18-5-2-1-4-17(18)31-21(23,24)25/h1-2,4-9H,3,10-14H2. The van der Waals surface area contributed by atoms with Crippen LogP contribution in [0.5, 0.6) is 5.75 Å². The van der Waals surface area contributed by atoms with Crippen LogP contribution in [0.4, 0.5) is 23.2 Å². The average Bonchev–Trinajstić information content (AvgIpc) is 3.03. The molecule has 172 valence electrons. The van der Waals surface area contributed by atoms with Gasteiger partial charge in [-0.2, -0.15) is 4.31 Å². The van der Waals surface area contributed by atoms with Crippen LogP contribution in [-0.2, 0) is 14.8 Å². The van der Waals surface area contributed by atoms with Crippen molar-refractivity contribution in [3.05, 3.63) is 54.3 Å². The van der Waals surface area contributed by atoms with Crippen molar-refractivity contribution in [1.82, 2.24) is 4.31 Å². The monoisotopic (exact) mass is 472 g/mol. The van der Waals surface area contributed by atoms with E-state index in [1.165, 1.54) is 41.3 Å². The van der Waals surface area contributed by atoms with E-state index in [-0.39, 0.29) is 19.0 Å². The molecule has 0 N–H and O–H groups in total. The highest BCUT2D eigenvalue weighted by Gasteiger charge is 2.51. The minimum atomic E-state index is -5.05. The minimum Gasteiger partial charge on any atom is -0.404 e. The summed E-state index contributed by atoms with van der Waals surface area (Å²) in [5, 5.41) is 0. The van der Waals surface area contributed by atoms with Gasteiger partial charge in [0.1, 0.15) is 16.5 Å². The molecule has 2 aliphatic heterocycles. The quantitative estimate of drug-likeness (QED) is 0.633. The molecule has 2 aromatic rings. The molecule has 32 heavy (non-hydrogen) atoms. The molecule has 2 aromatic carbocycles. The van der Waals surface area contributed by atoms with Crippen molar-refractivity contribution in [2.24, 2.45) is 5.41 Å². The molecule has 0 aromatic heterocycles. The number of carbonyl (C=O) groups excluding carboxylic acids is 1. The van der Waals surface area contributed by atoms with Crippen LogP contribution in [0, 0.1) is 11.2 Å². The summed E-state index contributed by atoms with van der Waals surface area (Å²) >= 11 is 0. The number of benzene rings is 2. The summed E-state index contributed by atoms with van der Waals surface area (Å²) in [6, 6.07) is 10.00. The Hall–Kier alpha value is -2.66. The van der Waals surface area contributed by atoms with E-state index in [0.717, 1.165) is 16.4 Å². The van der Waals surface area contributed by atoms with Crippen LogP contribution in [0.2, 0.25) is 0 Å². The van der Waals surface area contributed by atoms with Crippen LogP contribution >= 0.6 is 0 Å². The number of amides is 1. The van der Waals surface area contributed by atoms with Crippen molar-refractivity contribution in [1.29, 1.82) is 0 Å². The number of para-hydroxylation sites is 1. The maximum Gasteiger partial charge on any atom is 0.573 e. The van der Waals surface area contributed by atoms with Gasteiger partial charge in [0, 0.05) is 25.3 Å². The van der Waals surface area contributed by atoms with Gasteiger partial charge < -0.3 is 9.64 Å². The molecule has 2 heterocycles. The first-order valence-corrected chi connectivity index (χ1v) is 11.4. The fourth-order valence-electron chi connectivity index (χ4n) is 4.37. The molecule has 2 saturated heterocycles. The summed E-state index contributed by atoms with van der Waals surface area (Å²) in [5.41, 5.74) is -0.475. The highest BCUT2D eigenvalue weighted by Crippen LogP contribution is 2.44. The third-order valence-electron chi connectivity index (χ3n) is 5.89. The summed E-state index contributed by atoms with van der Waals surface area (Å²) in [7, 11) is -4.35. The van der Waals surface area contributed by atoms with Crippen LogP contribution in [-0.4, -0.2) is 44.6 Å². The largest absolute Gasteiger partial charge is 0.573 e. The van der Waals surface area contributed by atoms with Crippen molar-refractivity contribution in [2.75, 3.05) is 24.5 Å². The molecule has 1 amide bonds. The van der Waals surface area contributed by atoms with Crippen LogP contribution in [0.3, 0.4) is 0 Å². The molecule has 1 unspecified atom stereocenters. The predicted octanol–water partition coefficient (Wildman–Crippen LogP) is 3.93. The molecule has 1 atom stereocenters. The fraction of sp³-hybridized carbons (Fsp3) is 0.381. The number of sulfonamides is 1. The zero-order valence-corrected chi connectivity index (χ0v) is 17.6. The van der Waals surface area contributed by atoms with E-state index in [1.807, 2.05) is 0 Å². The van der Waals surface area contributed by atoms with Gasteiger partial charge in [0.2, 0.25) is 15.9 Å². The summed E-state index contributed by atoms with van der Waals surface area (Å²) < 4.78 is 83.0. The minimum absolute atomic E-state index is 0.0776. The Kier molecular flexibility index (Phi) is 5.66. The van der Waals surface area contributed by atoms with Gasteiger partial charge in [0.25, 0.3) is 0 Å². The molecule has 6 nitrogen and oxygen atoms in total. The molecular formula is C21H20F4N2O4S. The molecule has 1 spiro atoms. The normalized spacial score (nSPS) is 22.5. The molecule has 2 fully saturated rings. The van der Waals surface area contributed by atoms with E-state index in [4.69, 9.17) is 0 Å². The number of hydrogen-bond donors (Lipinski definition) is 0. The molecule has 0 aliphatic carbocycles. The first-order chi connectivity index (χ1) is 15.0. The average molecular weight is 472 g/mol. The van der Waals surface area contributed by atoms with Gasteiger partial charge in [0.15, 0.2) is 0 Å². The highest BCUT2D eigenvalue weighted by molar-refractivity contribution is 7.89. The zero-order chi connectivity index (χ0) is 23.1. The lowest BCUT2D eigenvalue weighted by atomic mass is 9.79. The summed E-state index contributed by atoms with van der Waals surface area (Å²) in [4.78, 5) is 14.2. The van der Waals surface area contributed by atoms with E-state index >= 15 is 0 Å². The van der Waals surface area contributed by atoms with Gasteiger partial charge in [-0.25, -0.2) is 12.8 Å². The van der Waals surface area contributed by atoms with E-state index in [0.29, 0.717) is 31.5 Å². The van der Waals surface area contributed by atoms with Crippen molar-refractivity contribution < 1.29 is 35.5 Å². The van der Waals surface area contributed by atoms with Gasteiger partial charge in [-0.1, -0.05) is 12.1 Å². The zero-order valence-electron chi connectivity index (χ0n) is 16.8. The number of halogens is 4. The second kappa shape index (κ2) is 8.04. The SMILES string of the molecule is O=C1N(c2ccc(F)cc2)CCC12CCCN(S(=O)(=O)c1ccccc1OC(F)(F)F)C2. The van der Waals surface area contributed by atoms with Crippen LogP contribution in [0.25, 0.3) is 0 Å². The number of piperidine rings is 1. The third-order valence-corrected chi connectivity index (χ3v) is 7.77. The Balaban J connectivity index is 1.61. The smallest absolute Gasteiger partial charge is 0.404 e. The van der Waals surface area contributed by atoms with Gasteiger partial charge in [0.05, 0.1) is 5.41 Å². The number of hydrogen-bond acceptors (Lipinski definition) is 4.